The maximum Gasteiger partial charge on any atom is 0.317 e. The second-order valence-corrected chi connectivity index (χ2v) is 4.44. The lowest BCUT2D eigenvalue weighted by atomic mass is 10.1. The van der Waals surface area contributed by atoms with Crippen LogP contribution in [0, 0.1) is 0 Å². The molecule has 0 radical (unpaired) electrons. The van der Waals surface area contributed by atoms with Gasteiger partial charge < -0.3 is 15.7 Å². The maximum absolute atomic E-state index is 10.2. The fraction of sp³-hybridized carbons (Fsp3) is 0.923. The van der Waals surface area contributed by atoms with E-state index in [0.717, 1.165) is 19.6 Å². The fourth-order valence-corrected chi connectivity index (χ4v) is 1.70. The van der Waals surface area contributed by atoms with Crippen molar-refractivity contribution in [3.8, 4) is 0 Å². The zero-order chi connectivity index (χ0) is 12.8. The van der Waals surface area contributed by atoms with E-state index in [1.54, 1.807) is 0 Å². The molecule has 0 bridgehead atoms. The second kappa shape index (κ2) is 13.5. The normalized spacial score (nSPS) is 10.6. The molecule has 4 heteroatoms. The standard InChI is InChI=1S/C13H28N2O2/c1-2-3-4-5-6-7-8-9-14-10-11-15-12-13(16)17/h14-15H,2-12H2,1H3,(H,16,17). The van der Waals surface area contributed by atoms with Gasteiger partial charge in [0.05, 0.1) is 6.54 Å². The largest absolute Gasteiger partial charge is 0.480 e. The van der Waals surface area contributed by atoms with Crippen molar-refractivity contribution < 1.29 is 9.90 Å². The van der Waals surface area contributed by atoms with E-state index in [0.29, 0.717) is 0 Å². The van der Waals surface area contributed by atoms with Crippen molar-refractivity contribution in [2.24, 2.45) is 0 Å². The summed E-state index contributed by atoms with van der Waals surface area (Å²) < 4.78 is 0. The van der Waals surface area contributed by atoms with Crippen molar-refractivity contribution in [1.29, 1.82) is 0 Å². The van der Waals surface area contributed by atoms with Crippen LogP contribution >= 0.6 is 0 Å². The number of carboxylic acids is 1. The summed E-state index contributed by atoms with van der Waals surface area (Å²) in [5.74, 6) is -0.794. The first-order valence-corrected chi connectivity index (χ1v) is 6.90. The molecule has 0 aliphatic rings. The molecule has 4 nitrogen and oxygen atoms in total. The lowest BCUT2D eigenvalue weighted by Crippen LogP contribution is -2.31. The Morgan fingerprint density at radius 3 is 2.12 bits per heavy atom. The molecule has 0 fully saturated rings. The van der Waals surface area contributed by atoms with E-state index in [9.17, 15) is 4.79 Å². The molecule has 0 heterocycles. The van der Waals surface area contributed by atoms with Gasteiger partial charge in [0.1, 0.15) is 0 Å². The average molecular weight is 244 g/mol. The first-order chi connectivity index (χ1) is 8.27. The predicted molar refractivity (Wildman–Crippen MR) is 71.4 cm³/mol. The highest BCUT2D eigenvalue weighted by molar-refractivity contribution is 5.68. The van der Waals surface area contributed by atoms with Crippen LogP contribution in [0.25, 0.3) is 0 Å². The van der Waals surface area contributed by atoms with Crippen LogP contribution in [-0.2, 0) is 4.79 Å². The van der Waals surface area contributed by atoms with E-state index in [-0.39, 0.29) is 6.54 Å². The first-order valence-electron chi connectivity index (χ1n) is 6.90. The number of unbranched alkanes of at least 4 members (excludes halogenated alkanes) is 6. The zero-order valence-corrected chi connectivity index (χ0v) is 11.1. The zero-order valence-electron chi connectivity index (χ0n) is 11.1. The predicted octanol–water partition coefficient (Wildman–Crippen LogP) is 2.00. The molecule has 17 heavy (non-hydrogen) atoms. The molecular formula is C13H28N2O2. The molecule has 3 N–H and O–H groups in total. The van der Waals surface area contributed by atoms with E-state index in [1.807, 2.05) is 0 Å². The van der Waals surface area contributed by atoms with Gasteiger partial charge in [-0.1, -0.05) is 45.4 Å². The van der Waals surface area contributed by atoms with Crippen molar-refractivity contribution in [2.45, 2.75) is 51.9 Å². The molecule has 0 saturated carbocycles. The third kappa shape index (κ3) is 15.4. The van der Waals surface area contributed by atoms with Gasteiger partial charge in [0.25, 0.3) is 0 Å². The van der Waals surface area contributed by atoms with Crippen LogP contribution in [0.4, 0.5) is 0 Å². The second-order valence-electron chi connectivity index (χ2n) is 4.44. The van der Waals surface area contributed by atoms with Crippen molar-refractivity contribution in [2.75, 3.05) is 26.2 Å². The van der Waals surface area contributed by atoms with Crippen LogP contribution in [0.1, 0.15) is 51.9 Å². The summed E-state index contributed by atoms with van der Waals surface area (Å²) >= 11 is 0. The Balaban J connectivity index is 2.91. The lowest BCUT2D eigenvalue weighted by Gasteiger charge is -2.05. The number of hydrogen-bond acceptors (Lipinski definition) is 3. The molecule has 0 aromatic rings. The molecule has 0 rings (SSSR count). The van der Waals surface area contributed by atoms with Gasteiger partial charge in [-0.15, -0.1) is 0 Å². The van der Waals surface area contributed by atoms with Crippen LogP contribution in [0.5, 0.6) is 0 Å². The minimum absolute atomic E-state index is 0.0547. The Hall–Kier alpha value is -0.610. The Bertz CT molecular complexity index is 175. The number of hydrogen-bond donors (Lipinski definition) is 3. The minimum Gasteiger partial charge on any atom is -0.480 e. The summed E-state index contributed by atoms with van der Waals surface area (Å²) in [6.07, 6.45) is 9.30. The van der Waals surface area contributed by atoms with Crippen LogP contribution in [0.15, 0.2) is 0 Å². The average Bonchev–Trinajstić information content (AvgIpc) is 2.30. The van der Waals surface area contributed by atoms with Gasteiger partial charge in [0.15, 0.2) is 0 Å². The summed E-state index contributed by atoms with van der Waals surface area (Å²) in [5, 5.41) is 14.5. The third-order valence-corrected chi connectivity index (χ3v) is 2.71. The number of rotatable bonds is 13. The quantitative estimate of drug-likeness (QED) is 0.434. The Morgan fingerprint density at radius 1 is 0.882 bits per heavy atom. The van der Waals surface area contributed by atoms with Gasteiger partial charge in [0, 0.05) is 13.1 Å². The van der Waals surface area contributed by atoms with E-state index < -0.39 is 5.97 Å². The Morgan fingerprint density at radius 2 is 1.47 bits per heavy atom. The number of nitrogens with one attached hydrogen (secondary N) is 2. The highest BCUT2D eigenvalue weighted by Crippen LogP contribution is 2.05. The number of carbonyl (C=O) groups is 1. The molecule has 0 aliphatic heterocycles. The van der Waals surface area contributed by atoms with Crippen LogP contribution < -0.4 is 10.6 Å². The van der Waals surface area contributed by atoms with Crippen molar-refractivity contribution >= 4 is 5.97 Å². The summed E-state index contributed by atoms with van der Waals surface area (Å²) in [5.41, 5.74) is 0. The van der Waals surface area contributed by atoms with Crippen LogP contribution in [0.2, 0.25) is 0 Å². The minimum atomic E-state index is -0.794. The smallest absolute Gasteiger partial charge is 0.317 e. The molecule has 102 valence electrons. The van der Waals surface area contributed by atoms with Crippen molar-refractivity contribution in [3.05, 3.63) is 0 Å². The van der Waals surface area contributed by atoms with Crippen molar-refractivity contribution in [3.63, 3.8) is 0 Å². The van der Waals surface area contributed by atoms with Gasteiger partial charge >= 0.3 is 5.97 Å². The summed E-state index contributed by atoms with van der Waals surface area (Å²) in [7, 11) is 0. The molecule has 0 aromatic heterocycles. The summed E-state index contributed by atoms with van der Waals surface area (Å²) in [6, 6.07) is 0. The molecule has 0 unspecified atom stereocenters. The molecule has 0 aromatic carbocycles. The number of carboxylic acid groups (broad SMARTS) is 1. The fourth-order valence-electron chi connectivity index (χ4n) is 1.70. The molecular weight excluding hydrogens is 216 g/mol. The van der Waals surface area contributed by atoms with E-state index in [1.165, 1.54) is 44.9 Å². The topological polar surface area (TPSA) is 61.4 Å². The molecule has 0 aliphatic carbocycles. The molecule has 0 amide bonds. The Kier molecular flexibility index (Phi) is 13.0. The third-order valence-electron chi connectivity index (χ3n) is 2.71. The first kappa shape index (κ1) is 16.4. The van der Waals surface area contributed by atoms with E-state index >= 15 is 0 Å². The highest BCUT2D eigenvalue weighted by atomic mass is 16.4. The van der Waals surface area contributed by atoms with Gasteiger partial charge in [-0.3, -0.25) is 4.79 Å². The van der Waals surface area contributed by atoms with Gasteiger partial charge in [-0.2, -0.15) is 0 Å². The maximum atomic E-state index is 10.2. The SMILES string of the molecule is CCCCCCCCCNCCNCC(=O)O. The van der Waals surface area contributed by atoms with Gasteiger partial charge in [-0.25, -0.2) is 0 Å². The van der Waals surface area contributed by atoms with Gasteiger partial charge in [0.2, 0.25) is 0 Å². The van der Waals surface area contributed by atoms with Gasteiger partial charge in [-0.05, 0) is 13.0 Å². The lowest BCUT2D eigenvalue weighted by molar-refractivity contribution is -0.135. The molecule has 0 spiro atoms. The van der Waals surface area contributed by atoms with Crippen molar-refractivity contribution in [1.82, 2.24) is 10.6 Å². The monoisotopic (exact) mass is 244 g/mol. The van der Waals surface area contributed by atoms with Crippen LogP contribution in [-0.4, -0.2) is 37.3 Å². The highest BCUT2D eigenvalue weighted by Gasteiger charge is 1.94. The summed E-state index contributed by atoms with van der Waals surface area (Å²) in [4.78, 5) is 10.2. The molecule has 0 saturated heterocycles. The van der Waals surface area contributed by atoms with Crippen LogP contribution in [0.3, 0.4) is 0 Å². The number of aliphatic carboxylic acids is 1. The van der Waals surface area contributed by atoms with E-state index in [2.05, 4.69) is 17.6 Å². The van der Waals surface area contributed by atoms with E-state index in [4.69, 9.17) is 5.11 Å². The molecule has 0 atom stereocenters. The summed E-state index contributed by atoms with van der Waals surface area (Å²) in [6.45, 7) is 4.91. The Labute approximate surface area is 105 Å².